The van der Waals surface area contributed by atoms with E-state index in [2.05, 4.69) is 0 Å². The Balaban J connectivity index is 2.99. The molecule has 1 N–H and O–H groups in total. The maximum atomic E-state index is 10.9. The van der Waals surface area contributed by atoms with Gasteiger partial charge in [0.2, 0.25) is 0 Å². The highest BCUT2D eigenvalue weighted by Crippen LogP contribution is 2.09. The average molecular weight is 208 g/mol. The standard InChI is InChI=1S/C11H12O4/c1-14-8-10-9(4-2-3-7-12)5-6-11(13)15-10/h2-7,12H,8H2,1H3/b4-2+,7-3-. The lowest BCUT2D eigenvalue weighted by Gasteiger charge is -2.01. The summed E-state index contributed by atoms with van der Waals surface area (Å²) in [5.41, 5.74) is 0.339. The molecular weight excluding hydrogens is 196 g/mol. The Bertz CT molecular complexity index is 415. The van der Waals surface area contributed by atoms with Crippen LogP contribution in [0.1, 0.15) is 11.3 Å². The van der Waals surface area contributed by atoms with E-state index in [9.17, 15) is 4.79 Å². The van der Waals surface area contributed by atoms with Crippen LogP contribution in [0.2, 0.25) is 0 Å². The van der Waals surface area contributed by atoms with E-state index in [4.69, 9.17) is 14.3 Å². The van der Waals surface area contributed by atoms with Gasteiger partial charge in [-0.05, 0) is 12.1 Å². The van der Waals surface area contributed by atoms with Gasteiger partial charge in [0.1, 0.15) is 12.4 Å². The minimum absolute atomic E-state index is 0.235. The molecule has 0 spiro atoms. The first kappa shape index (κ1) is 11.3. The summed E-state index contributed by atoms with van der Waals surface area (Å²) >= 11 is 0. The maximum absolute atomic E-state index is 10.9. The first-order valence-electron chi connectivity index (χ1n) is 4.37. The van der Waals surface area contributed by atoms with Crippen molar-refractivity contribution in [2.45, 2.75) is 6.61 Å². The molecule has 0 aliphatic rings. The Morgan fingerprint density at radius 2 is 2.27 bits per heavy atom. The topological polar surface area (TPSA) is 59.7 Å². The van der Waals surface area contributed by atoms with Crippen LogP contribution in [0.5, 0.6) is 0 Å². The van der Waals surface area contributed by atoms with Crippen molar-refractivity contribution in [3.8, 4) is 0 Å². The zero-order chi connectivity index (χ0) is 11.1. The van der Waals surface area contributed by atoms with Gasteiger partial charge in [0.05, 0.1) is 6.26 Å². The van der Waals surface area contributed by atoms with Crippen molar-refractivity contribution >= 4 is 6.08 Å². The zero-order valence-electron chi connectivity index (χ0n) is 8.34. The van der Waals surface area contributed by atoms with Gasteiger partial charge in [0, 0.05) is 18.7 Å². The van der Waals surface area contributed by atoms with Crippen molar-refractivity contribution in [3.63, 3.8) is 0 Å². The van der Waals surface area contributed by atoms with Crippen molar-refractivity contribution in [1.82, 2.24) is 0 Å². The molecule has 1 heterocycles. The Labute approximate surface area is 87.1 Å². The van der Waals surface area contributed by atoms with Gasteiger partial charge in [-0.25, -0.2) is 4.79 Å². The third-order valence-corrected chi connectivity index (χ3v) is 1.69. The van der Waals surface area contributed by atoms with Gasteiger partial charge in [-0.3, -0.25) is 0 Å². The highest BCUT2D eigenvalue weighted by atomic mass is 16.5. The van der Waals surface area contributed by atoms with Crippen LogP contribution in [-0.2, 0) is 11.3 Å². The van der Waals surface area contributed by atoms with Gasteiger partial charge >= 0.3 is 5.63 Å². The molecule has 0 aliphatic carbocycles. The molecule has 0 saturated heterocycles. The Kier molecular flexibility index (Phi) is 4.37. The van der Waals surface area contributed by atoms with E-state index in [1.807, 2.05) is 0 Å². The molecule has 0 bridgehead atoms. The van der Waals surface area contributed by atoms with E-state index >= 15 is 0 Å². The second kappa shape index (κ2) is 5.82. The number of methoxy groups -OCH3 is 1. The summed E-state index contributed by atoms with van der Waals surface area (Å²) in [6.45, 7) is 0.235. The van der Waals surface area contributed by atoms with Gasteiger partial charge in [-0.1, -0.05) is 12.2 Å². The molecular formula is C11H12O4. The van der Waals surface area contributed by atoms with Crippen LogP contribution in [0.25, 0.3) is 6.08 Å². The fourth-order valence-corrected chi connectivity index (χ4v) is 1.07. The molecule has 0 aliphatic heterocycles. The highest BCUT2D eigenvalue weighted by molar-refractivity contribution is 5.52. The lowest BCUT2D eigenvalue weighted by molar-refractivity contribution is 0.160. The second-order valence-corrected chi connectivity index (χ2v) is 2.77. The third kappa shape index (κ3) is 3.44. The molecule has 0 aromatic carbocycles. The van der Waals surface area contributed by atoms with Crippen LogP contribution in [0, 0.1) is 0 Å². The van der Waals surface area contributed by atoms with E-state index < -0.39 is 5.63 Å². The molecule has 80 valence electrons. The average Bonchev–Trinajstić information content (AvgIpc) is 2.22. The smallest absolute Gasteiger partial charge is 0.335 e. The van der Waals surface area contributed by atoms with Crippen LogP contribution >= 0.6 is 0 Å². The molecule has 1 aromatic heterocycles. The maximum Gasteiger partial charge on any atom is 0.335 e. The highest BCUT2D eigenvalue weighted by Gasteiger charge is 2.02. The number of ether oxygens (including phenoxy) is 1. The second-order valence-electron chi connectivity index (χ2n) is 2.77. The van der Waals surface area contributed by atoms with E-state index in [-0.39, 0.29) is 6.61 Å². The summed E-state index contributed by atoms with van der Waals surface area (Å²) in [6, 6.07) is 2.98. The minimum atomic E-state index is -0.406. The fraction of sp³-hybridized carbons (Fsp3) is 0.182. The van der Waals surface area contributed by atoms with E-state index in [0.29, 0.717) is 5.76 Å². The molecule has 1 rings (SSSR count). The van der Waals surface area contributed by atoms with Crippen molar-refractivity contribution in [1.29, 1.82) is 0 Å². The minimum Gasteiger partial charge on any atom is -0.516 e. The van der Waals surface area contributed by atoms with Crippen LogP contribution in [0.15, 0.2) is 39.8 Å². The van der Waals surface area contributed by atoms with Crippen LogP contribution in [0.3, 0.4) is 0 Å². The number of hydrogen-bond acceptors (Lipinski definition) is 4. The largest absolute Gasteiger partial charge is 0.516 e. The van der Waals surface area contributed by atoms with Crippen molar-refractivity contribution in [2.24, 2.45) is 0 Å². The summed E-state index contributed by atoms with van der Waals surface area (Å²) in [4.78, 5) is 10.9. The summed E-state index contributed by atoms with van der Waals surface area (Å²) in [5, 5.41) is 8.43. The molecule has 0 atom stereocenters. The first-order chi connectivity index (χ1) is 7.27. The van der Waals surface area contributed by atoms with E-state index in [0.717, 1.165) is 11.8 Å². The van der Waals surface area contributed by atoms with Gasteiger partial charge in [0.15, 0.2) is 0 Å². The number of rotatable bonds is 4. The summed E-state index contributed by atoms with van der Waals surface area (Å²) in [5.74, 6) is 0.465. The molecule has 0 amide bonds. The van der Waals surface area contributed by atoms with Gasteiger partial charge < -0.3 is 14.3 Å². The monoisotopic (exact) mass is 208 g/mol. The molecule has 4 nitrogen and oxygen atoms in total. The predicted octanol–water partition coefficient (Wildman–Crippen LogP) is 1.87. The SMILES string of the molecule is COCc1oc(=O)ccc1/C=C/C=C\O. The Morgan fingerprint density at radius 3 is 2.93 bits per heavy atom. The quantitative estimate of drug-likeness (QED) is 0.606. The van der Waals surface area contributed by atoms with Crippen molar-refractivity contribution in [3.05, 3.63) is 52.3 Å². The van der Waals surface area contributed by atoms with Gasteiger partial charge in [-0.15, -0.1) is 0 Å². The fourth-order valence-electron chi connectivity index (χ4n) is 1.07. The summed E-state index contributed by atoms with van der Waals surface area (Å²) in [6.07, 6.45) is 5.73. The molecule has 0 unspecified atom stereocenters. The molecule has 4 heteroatoms. The number of hydrogen-bond donors (Lipinski definition) is 1. The van der Waals surface area contributed by atoms with Crippen molar-refractivity contribution < 1.29 is 14.3 Å². The number of aliphatic hydroxyl groups excluding tert-OH is 1. The van der Waals surface area contributed by atoms with Crippen LogP contribution < -0.4 is 5.63 Å². The number of aliphatic hydroxyl groups is 1. The molecule has 0 saturated carbocycles. The zero-order valence-corrected chi connectivity index (χ0v) is 8.34. The Morgan fingerprint density at radius 1 is 1.47 bits per heavy atom. The number of allylic oxidation sites excluding steroid dienone is 2. The van der Waals surface area contributed by atoms with E-state index in [1.54, 1.807) is 18.2 Å². The summed E-state index contributed by atoms with van der Waals surface area (Å²) < 4.78 is 9.86. The molecule has 0 radical (unpaired) electrons. The predicted molar refractivity (Wildman–Crippen MR) is 56.5 cm³/mol. The molecule has 1 aromatic rings. The normalized spacial score (nSPS) is 11.5. The first-order valence-corrected chi connectivity index (χ1v) is 4.37. The Hall–Kier alpha value is -1.81. The molecule has 15 heavy (non-hydrogen) atoms. The van der Waals surface area contributed by atoms with Crippen LogP contribution in [-0.4, -0.2) is 12.2 Å². The lowest BCUT2D eigenvalue weighted by atomic mass is 10.2. The molecule has 0 fully saturated rings. The van der Waals surface area contributed by atoms with Crippen molar-refractivity contribution in [2.75, 3.05) is 7.11 Å². The van der Waals surface area contributed by atoms with E-state index in [1.165, 1.54) is 19.3 Å². The lowest BCUT2D eigenvalue weighted by Crippen LogP contribution is -2.01. The van der Waals surface area contributed by atoms with Gasteiger partial charge in [-0.2, -0.15) is 0 Å². The third-order valence-electron chi connectivity index (χ3n) is 1.69. The summed E-state index contributed by atoms with van der Waals surface area (Å²) in [7, 11) is 1.52. The van der Waals surface area contributed by atoms with Crippen LogP contribution in [0.4, 0.5) is 0 Å². The van der Waals surface area contributed by atoms with Gasteiger partial charge in [0.25, 0.3) is 0 Å².